The maximum absolute atomic E-state index is 12.8. The minimum atomic E-state index is -3.78. The number of fused-ring (bicyclic) bond motifs is 1. The van der Waals surface area contributed by atoms with Crippen LogP contribution in [0.3, 0.4) is 0 Å². The van der Waals surface area contributed by atoms with Crippen LogP contribution in [0.15, 0.2) is 58.5 Å². The Bertz CT molecular complexity index is 1250. The van der Waals surface area contributed by atoms with Gasteiger partial charge in [-0.3, -0.25) is 9.69 Å². The Morgan fingerprint density at radius 3 is 2.55 bits per heavy atom. The number of hydrogen-bond acceptors (Lipinski definition) is 8. The quantitative estimate of drug-likeness (QED) is 0.384. The van der Waals surface area contributed by atoms with E-state index in [1.165, 1.54) is 36.0 Å². The summed E-state index contributed by atoms with van der Waals surface area (Å²) in [4.78, 5) is 24.5. The zero-order chi connectivity index (χ0) is 23.4. The van der Waals surface area contributed by atoms with Crippen molar-refractivity contribution in [3.63, 3.8) is 0 Å². The number of carbonyl (C=O) groups excluding carboxylic acids is 1. The highest BCUT2D eigenvalue weighted by atomic mass is 32.2. The van der Waals surface area contributed by atoms with Gasteiger partial charge in [0.2, 0.25) is 15.9 Å². The number of hydrogen-bond donors (Lipinski definition) is 2. The molecule has 3 aromatic rings. The molecule has 1 atom stereocenters. The molecule has 1 aliphatic heterocycles. The van der Waals surface area contributed by atoms with Crippen molar-refractivity contribution in [1.29, 1.82) is 0 Å². The lowest BCUT2D eigenvalue weighted by molar-refractivity contribution is -0.115. The van der Waals surface area contributed by atoms with Crippen LogP contribution in [0.1, 0.15) is 12.7 Å². The molecule has 1 saturated heterocycles. The van der Waals surface area contributed by atoms with E-state index in [1.807, 2.05) is 24.3 Å². The third-order valence-corrected chi connectivity index (χ3v) is 7.22. The Labute approximate surface area is 196 Å². The first-order chi connectivity index (χ1) is 15.8. The molecule has 2 heterocycles. The molecule has 0 bridgehead atoms. The molecule has 1 aliphatic rings. The number of aromatic nitrogens is 2. The fourth-order valence-electron chi connectivity index (χ4n) is 3.41. The second-order valence-corrected chi connectivity index (χ2v) is 10.6. The van der Waals surface area contributed by atoms with Crippen molar-refractivity contribution in [2.24, 2.45) is 5.14 Å². The van der Waals surface area contributed by atoms with Gasteiger partial charge in [0.05, 0.1) is 35.4 Å². The number of thioether (sulfide) groups is 1. The van der Waals surface area contributed by atoms with E-state index in [4.69, 9.17) is 19.8 Å². The maximum Gasteiger partial charge on any atom is 0.238 e. The Morgan fingerprint density at radius 1 is 1.15 bits per heavy atom. The smallest absolute Gasteiger partial charge is 0.238 e. The monoisotopic (exact) mass is 487 g/mol. The van der Waals surface area contributed by atoms with Crippen molar-refractivity contribution < 1.29 is 17.9 Å². The van der Waals surface area contributed by atoms with E-state index >= 15 is 0 Å². The Balaban J connectivity index is 1.50. The molecule has 1 unspecified atom stereocenters. The van der Waals surface area contributed by atoms with Crippen LogP contribution >= 0.6 is 11.8 Å². The first-order valence-corrected chi connectivity index (χ1v) is 12.9. The van der Waals surface area contributed by atoms with Gasteiger partial charge in [-0.1, -0.05) is 30.0 Å². The summed E-state index contributed by atoms with van der Waals surface area (Å²) in [6, 6.07) is 13.5. The third kappa shape index (κ3) is 6.06. The number of nitrogens with one attached hydrogen (secondary N) is 1. The minimum Gasteiger partial charge on any atom is -0.379 e. The van der Waals surface area contributed by atoms with E-state index in [-0.39, 0.29) is 10.8 Å². The van der Waals surface area contributed by atoms with E-state index in [2.05, 4.69) is 10.2 Å². The van der Waals surface area contributed by atoms with Crippen LogP contribution in [0.2, 0.25) is 0 Å². The molecular weight excluding hydrogens is 462 g/mol. The second kappa shape index (κ2) is 10.1. The molecule has 2 aromatic carbocycles. The molecule has 3 N–H and O–H groups in total. The average molecular weight is 488 g/mol. The van der Waals surface area contributed by atoms with E-state index in [0.29, 0.717) is 31.3 Å². The van der Waals surface area contributed by atoms with Crippen molar-refractivity contribution in [3.8, 4) is 0 Å². The van der Waals surface area contributed by atoms with Crippen molar-refractivity contribution in [3.05, 3.63) is 54.4 Å². The van der Waals surface area contributed by atoms with E-state index in [0.717, 1.165) is 29.0 Å². The van der Waals surface area contributed by atoms with Crippen molar-refractivity contribution in [2.75, 3.05) is 31.6 Å². The molecule has 1 amide bonds. The van der Waals surface area contributed by atoms with Crippen LogP contribution in [0, 0.1) is 0 Å². The highest BCUT2D eigenvalue weighted by Crippen LogP contribution is 2.29. The van der Waals surface area contributed by atoms with Crippen LogP contribution < -0.4 is 10.5 Å². The van der Waals surface area contributed by atoms with Gasteiger partial charge in [0.1, 0.15) is 10.9 Å². The molecule has 33 heavy (non-hydrogen) atoms. The van der Waals surface area contributed by atoms with Crippen LogP contribution in [0.4, 0.5) is 5.69 Å². The number of amides is 1. The van der Waals surface area contributed by atoms with Crippen LogP contribution in [0.5, 0.6) is 0 Å². The SMILES string of the molecule is CC(Sc1nc(CN2CCOCC2)nc2ccccc12)C(=O)Nc1ccc(S(N)(=O)=O)cc1. The van der Waals surface area contributed by atoms with Crippen LogP contribution in [-0.2, 0) is 26.1 Å². The van der Waals surface area contributed by atoms with Gasteiger partial charge in [-0.2, -0.15) is 0 Å². The predicted octanol–water partition coefficient (Wildman–Crippen LogP) is 2.23. The highest BCUT2D eigenvalue weighted by Gasteiger charge is 2.20. The number of anilines is 1. The fraction of sp³-hybridized carbons (Fsp3) is 0.318. The largest absolute Gasteiger partial charge is 0.379 e. The predicted molar refractivity (Wildman–Crippen MR) is 127 cm³/mol. The number of para-hydroxylation sites is 1. The summed E-state index contributed by atoms with van der Waals surface area (Å²) in [6.45, 7) is 5.49. The number of nitrogens with zero attached hydrogens (tertiary/aromatic N) is 3. The number of morpholine rings is 1. The molecule has 9 nitrogen and oxygen atoms in total. The number of ether oxygens (including phenoxy) is 1. The number of primary sulfonamides is 1. The molecule has 4 rings (SSSR count). The average Bonchev–Trinajstić information content (AvgIpc) is 2.79. The van der Waals surface area contributed by atoms with Gasteiger partial charge in [-0.25, -0.2) is 23.5 Å². The van der Waals surface area contributed by atoms with Gasteiger partial charge in [0, 0.05) is 24.2 Å². The van der Waals surface area contributed by atoms with E-state index < -0.39 is 15.3 Å². The number of nitrogens with two attached hydrogens (primary N) is 1. The van der Waals surface area contributed by atoms with Crippen LogP contribution in [0.25, 0.3) is 10.9 Å². The molecule has 0 aliphatic carbocycles. The number of sulfonamides is 1. The maximum atomic E-state index is 12.8. The summed E-state index contributed by atoms with van der Waals surface area (Å²) in [5.74, 6) is 0.491. The van der Waals surface area contributed by atoms with Gasteiger partial charge in [-0.15, -0.1) is 0 Å². The summed E-state index contributed by atoms with van der Waals surface area (Å²) in [6.07, 6.45) is 0. The van der Waals surface area contributed by atoms with E-state index in [9.17, 15) is 13.2 Å². The second-order valence-electron chi connectivity index (χ2n) is 7.67. The van der Waals surface area contributed by atoms with Crippen molar-refractivity contribution >= 4 is 44.3 Å². The minimum absolute atomic E-state index is 0.0109. The fourth-order valence-corrected chi connectivity index (χ4v) is 4.88. The first kappa shape index (κ1) is 23.6. The summed E-state index contributed by atoms with van der Waals surface area (Å²) in [5.41, 5.74) is 1.32. The highest BCUT2D eigenvalue weighted by molar-refractivity contribution is 8.00. The molecule has 174 valence electrons. The van der Waals surface area contributed by atoms with Crippen molar-refractivity contribution in [2.45, 2.75) is 28.6 Å². The lowest BCUT2D eigenvalue weighted by Crippen LogP contribution is -2.36. The first-order valence-electron chi connectivity index (χ1n) is 10.5. The third-order valence-electron chi connectivity index (χ3n) is 5.19. The Hall–Kier alpha value is -2.57. The molecule has 1 fully saturated rings. The van der Waals surface area contributed by atoms with E-state index in [1.54, 1.807) is 6.92 Å². The standard InChI is InChI=1S/C22H25N5O4S2/c1-15(21(28)24-16-6-8-17(9-7-16)33(23,29)30)32-22-18-4-2-3-5-19(18)25-20(26-22)14-27-10-12-31-13-11-27/h2-9,15H,10-14H2,1H3,(H,24,28)(H2,23,29,30). The molecule has 11 heteroatoms. The van der Waals surface area contributed by atoms with Crippen molar-refractivity contribution in [1.82, 2.24) is 14.9 Å². The molecule has 0 spiro atoms. The topological polar surface area (TPSA) is 128 Å². The molecule has 0 radical (unpaired) electrons. The summed E-state index contributed by atoms with van der Waals surface area (Å²) in [5, 5.41) is 9.12. The van der Waals surface area contributed by atoms with Gasteiger partial charge in [0.25, 0.3) is 0 Å². The molecule has 1 aromatic heterocycles. The normalized spacial score (nSPS) is 15.9. The number of rotatable bonds is 7. The lowest BCUT2D eigenvalue weighted by Gasteiger charge is -2.26. The van der Waals surface area contributed by atoms with Gasteiger partial charge in [-0.05, 0) is 37.3 Å². The Morgan fingerprint density at radius 2 is 1.85 bits per heavy atom. The number of benzene rings is 2. The molecule has 0 saturated carbocycles. The summed E-state index contributed by atoms with van der Waals surface area (Å²) in [7, 11) is -3.78. The molecular formula is C22H25N5O4S2. The van der Waals surface area contributed by atoms with Gasteiger partial charge >= 0.3 is 0 Å². The number of carbonyl (C=O) groups is 1. The zero-order valence-electron chi connectivity index (χ0n) is 18.1. The van der Waals surface area contributed by atoms with Gasteiger partial charge < -0.3 is 10.1 Å². The van der Waals surface area contributed by atoms with Gasteiger partial charge in [0.15, 0.2) is 0 Å². The lowest BCUT2D eigenvalue weighted by atomic mass is 10.2. The Kier molecular flexibility index (Phi) is 7.25. The summed E-state index contributed by atoms with van der Waals surface area (Å²) < 4.78 is 28.2. The zero-order valence-corrected chi connectivity index (χ0v) is 19.7. The van der Waals surface area contributed by atoms with Crippen LogP contribution in [-0.4, -0.2) is 60.7 Å². The summed E-state index contributed by atoms with van der Waals surface area (Å²) >= 11 is 1.36.